The van der Waals surface area contributed by atoms with Gasteiger partial charge in [0.05, 0.1) is 49.6 Å². The standard InChI is InChI=1S/C30H30ClNO7/c1-17(2)39-21-10-6-18(7-11-21)16-32-27(19-8-12-20(36-3)13-9-19)26(29(34)30(32)35)28(33)22-14-25(38-5)23(31)15-24(22)37-4/h6-15,17,27,33H,16H2,1-5H3/b28-26+. The maximum atomic E-state index is 13.5. The molecule has 204 valence electrons. The zero-order chi connectivity index (χ0) is 28.3. The summed E-state index contributed by atoms with van der Waals surface area (Å²) in [5.41, 5.74) is 1.51. The number of ketones is 1. The van der Waals surface area contributed by atoms with Crippen molar-refractivity contribution >= 4 is 29.1 Å². The van der Waals surface area contributed by atoms with Gasteiger partial charge >= 0.3 is 0 Å². The third kappa shape index (κ3) is 5.66. The molecule has 3 aromatic rings. The number of benzene rings is 3. The van der Waals surface area contributed by atoms with E-state index in [-0.39, 0.29) is 40.3 Å². The third-order valence-corrected chi connectivity index (χ3v) is 6.64. The van der Waals surface area contributed by atoms with E-state index < -0.39 is 23.5 Å². The molecule has 1 heterocycles. The van der Waals surface area contributed by atoms with Gasteiger partial charge in [-0.05, 0) is 55.3 Å². The van der Waals surface area contributed by atoms with Crippen LogP contribution in [0.2, 0.25) is 5.02 Å². The van der Waals surface area contributed by atoms with Gasteiger partial charge in [0.2, 0.25) is 0 Å². The number of aliphatic hydroxyl groups excluding tert-OH is 1. The van der Waals surface area contributed by atoms with Crippen molar-refractivity contribution in [2.45, 2.75) is 32.5 Å². The molecular weight excluding hydrogens is 522 g/mol. The van der Waals surface area contributed by atoms with E-state index in [4.69, 9.17) is 30.5 Å². The fourth-order valence-electron chi connectivity index (χ4n) is 4.51. The van der Waals surface area contributed by atoms with Crippen LogP contribution in [0.4, 0.5) is 0 Å². The second kappa shape index (κ2) is 11.7. The Kier molecular flexibility index (Phi) is 8.35. The molecule has 0 radical (unpaired) electrons. The molecule has 9 heteroatoms. The van der Waals surface area contributed by atoms with Gasteiger partial charge in [0, 0.05) is 12.6 Å². The van der Waals surface area contributed by atoms with Gasteiger partial charge in [0.25, 0.3) is 11.7 Å². The summed E-state index contributed by atoms with van der Waals surface area (Å²) in [6.45, 7) is 4.00. The van der Waals surface area contributed by atoms with Crippen molar-refractivity contribution in [2.75, 3.05) is 21.3 Å². The van der Waals surface area contributed by atoms with Crippen LogP contribution in [-0.2, 0) is 16.1 Å². The van der Waals surface area contributed by atoms with Gasteiger partial charge in [-0.15, -0.1) is 0 Å². The van der Waals surface area contributed by atoms with E-state index in [9.17, 15) is 14.7 Å². The monoisotopic (exact) mass is 551 g/mol. The van der Waals surface area contributed by atoms with E-state index in [0.717, 1.165) is 5.56 Å². The molecule has 0 aromatic heterocycles. The summed E-state index contributed by atoms with van der Waals surface area (Å²) in [7, 11) is 4.40. The van der Waals surface area contributed by atoms with E-state index >= 15 is 0 Å². The largest absolute Gasteiger partial charge is 0.507 e. The Bertz CT molecular complexity index is 1400. The number of carbonyl (C=O) groups excluding carboxylic acids is 2. The lowest BCUT2D eigenvalue weighted by Gasteiger charge is -2.26. The Morgan fingerprint density at radius 1 is 0.897 bits per heavy atom. The maximum absolute atomic E-state index is 13.5. The lowest BCUT2D eigenvalue weighted by molar-refractivity contribution is -0.140. The Morgan fingerprint density at radius 2 is 1.51 bits per heavy atom. The summed E-state index contributed by atoms with van der Waals surface area (Å²) < 4.78 is 21.7. The number of ether oxygens (including phenoxy) is 4. The summed E-state index contributed by atoms with van der Waals surface area (Å²) in [6, 6.07) is 16.4. The molecule has 3 aromatic carbocycles. The molecule has 1 unspecified atom stereocenters. The fraction of sp³-hybridized carbons (Fsp3) is 0.267. The number of hydrogen-bond acceptors (Lipinski definition) is 7. The van der Waals surface area contributed by atoms with Gasteiger partial charge in [0.15, 0.2) is 0 Å². The van der Waals surface area contributed by atoms with Crippen LogP contribution in [0, 0.1) is 0 Å². The first kappa shape index (κ1) is 27.9. The molecule has 1 saturated heterocycles. The van der Waals surface area contributed by atoms with Crippen LogP contribution >= 0.6 is 11.6 Å². The highest BCUT2D eigenvalue weighted by Gasteiger charge is 2.46. The van der Waals surface area contributed by atoms with E-state index in [1.807, 2.05) is 38.1 Å². The van der Waals surface area contributed by atoms with Gasteiger partial charge in [-0.2, -0.15) is 0 Å². The topological polar surface area (TPSA) is 94.5 Å². The minimum atomic E-state index is -0.881. The Labute approximate surface area is 232 Å². The summed E-state index contributed by atoms with van der Waals surface area (Å²) in [5, 5.41) is 11.8. The van der Waals surface area contributed by atoms with E-state index in [1.54, 1.807) is 31.4 Å². The van der Waals surface area contributed by atoms with Crippen molar-refractivity contribution < 1.29 is 33.6 Å². The maximum Gasteiger partial charge on any atom is 0.295 e. The lowest BCUT2D eigenvalue weighted by Crippen LogP contribution is -2.29. The van der Waals surface area contributed by atoms with Crippen LogP contribution in [0.5, 0.6) is 23.0 Å². The van der Waals surface area contributed by atoms with Crippen LogP contribution in [0.3, 0.4) is 0 Å². The lowest BCUT2D eigenvalue weighted by atomic mass is 9.94. The number of aliphatic hydroxyl groups is 1. The molecule has 8 nitrogen and oxygen atoms in total. The van der Waals surface area contributed by atoms with Gasteiger partial charge < -0.3 is 29.0 Å². The molecule has 0 bridgehead atoms. The van der Waals surface area contributed by atoms with Crippen molar-refractivity contribution in [2.24, 2.45) is 0 Å². The number of rotatable bonds is 9. The second-order valence-electron chi connectivity index (χ2n) is 9.20. The minimum absolute atomic E-state index is 0.0206. The number of Topliss-reactive ketones (excluding diaryl/α,β-unsaturated/α-hetero) is 1. The van der Waals surface area contributed by atoms with Gasteiger partial charge in [-0.3, -0.25) is 9.59 Å². The average Bonchev–Trinajstić information content (AvgIpc) is 3.18. The average molecular weight is 552 g/mol. The highest BCUT2D eigenvalue weighted by atomic mass is 35.5. The van der Waals surface area contributed by atoms with Crippen LogP contribution in [0.1, 0.15) is 36.6 Å². The SMILES string of the molecule is COc1ccc(C2/C(=C(\O)c3cc(OC)c(Cl)cc3OC)C(=O)C(=O)N2Cc2ccc(OC(C)C)cc2)cc1. The van der Waals surface area contributed by atoms with E-state index in [2.05, 4.69) is 0 Å². The molecule has 0 aliphatic carbocycles. The first-order chi connectivity index (χ1) is 18.7. The number of carbonyl (C=O) groups is 2. The quantitative estimate of drug-likeness (QED) is 0.205. The molecular formula is C30H30ClNO7. The normalized spacial score (nSPS) is 16.5. The van der Waals surface area contributed by atoms with Crippen molar-refractivity contribution in [3.8, 4) is 23.0 Å². The summed E-state index contributed by atoms with van der Waals surface area (Å²) in [6.07, 6.45) is 0.0206. The molecule has 1 aliphatic rings. The summed E-state index contributed by atoms with van der Waals surface area (Å²) in [4.78, 5) is 28.3. The van der Waals surface area contributed by atoms with E-state index in [1.165, 1.54) is 31.3 Å². The van der Waals surface area contributed by atoms with Crippen molar-refractivity contribution in [1.82, 2.24) is 4.90 Å². The molecule has 1 fully saturated rings. The zero-order valence-electron chi connectivity index (χ0n) is 22.4. The Balaban J connectivity index is 1.84. The highest BCUT2D eigenvalue weighted by molar-refractivity contribution is 6.46. The molecule has 1 atom stereocenters. The van der Waals surface area contributed by atoms with Gasteiger partial charge in [-0.25, -0.2) is 0 Å². The fourth-order valence-corrected chi connectivity index (χ4v) is 4.74. The number of nitrogens with zero attached hydrogens (tertiary/aromatic N) is 1. The number of halogens is 1. The number of likely N-dealkylation sites (tertiary alicyclic amines) is 1. The molecule has 0 spiro atoms. The Hall–Kier alpha value is -4.17. The second-order valence-corrected chi connectivity index (χ2v) is 9.60. The Morgan fingerprint density at radius 3 is 2.08 bits per heavy atom. The van der Waals surface area contributed by atoms with Gasteiger partial charge in [0.1, 0.15) is 28.8 Å². The number of hydrogen-bond donors (Lipinski definition) is 1. The first-order valence-corrected chi connectivity index (χ1v) is 12.7. The molecule has 1 N–H and O–H groups in total. The van der Waals surface area contributed by atoms with Crippen LogP contribution in [0.15, 0.2) is 66.2 Å². The minimum Gasteiger partial charge on any atom is -0.507 e. The third-order valence-electron chi connectivity index (χ3n) is 6.35. The van der Waals surface area contributed by atoms with Crippen LogP contribution in [0.25, 0.3) is 5.76 Å². The predicted molar refractivity (Wildman–Crippen MR) is 148 cm³/mol. The smallest absolute Gasteiger partial charge is 0.295 e. The van der Waals surface area contributed by atoms with Crippen LogP contribution < -0.4 is 18.9 Å². The van der Waals surface area contributed by atoms with Crippen LogP contribution in [-0.4, -0.2) is 49.1 Å². The predicted octanol–water partition coefficient (Wildman–Crippen LogP) is 5.77. The molecule has 0 saturated carbocycles. The van der Waals surface area contributed by atoms with Gasteiger partial charge in [-0.1, -0.05) is 35.9 Å². The summed E-state index contributed by atoms with van der Waals surface area (Å²) >= 11 is 6.25. The molecule has 4 rings (SSSR count). The van der Waals surface area contributed by atoms with E-state index in [0.29, 0.717) is 17.1 Å². The molecule has 39 heavy (non-hydrogen) atoms. The number of amides is 1. The highest BCUT2D eigenvalue weighted by Crippen LogP contribution is 2.44. The molecule has 1 aliphatic heterocycles. The molecule has 1 amide bonds. The first-order valence-electron chi connectivity index (χ1n) is 12.3. The summed E-state index contributed by atoms with van der Waals surface area (Å²) in [5.74, 6) is -0.142. The zero-order valence-corrected chi connectivity index (χ0v) is 23.1. The van der Waals surface area contributed by atoms with Crippen molar-refractivity contribution in [1.29, 1.82) is 0 Å². The number of methoxy groups -OCH3 is 3. The van der Waals surface area contributed by atoms with Crippen molar-refractivity contribution in [3.05, 3.63) is 87.9 Å². The van der Waals surface area contributed by atoms with Crippen molar-refractivity contribution in [3.63, 3.8) is 0 Å².